The Morgan fingerprint density at radius 1 is 1.03 bits per heavy atom. The molecule has 1 N–H and O–H groups in total. The van der Waals surface area contributed by atoms with Crippen molar-refractivity contribution in [3.05, 3.63) is 64.7 Å². The van der Waals surface area contributed by atoms with Gasteiger partial charge in [0, 0.05) is 31.2 Å². The van der Waals surface area contributed by atoms with Gasteiger partial charge in [-0.1, -0.05) is 55.8 Å². The standard InChI is InChI=1S/C24H32ClN3O3S/c1-18(2)15-20-7-9-21(10-8-20)19(3)26-24(29)17-27-11-13-28(14-12-27)32(30,31)23-6-4-5-22(25)16-23/h4-10,16,18-19H,11-15,17H2,1-3H3,(H,26,29). The minimum absolute atomic E-state index is 0.0603. The Hall–Kier alpha value is -1.93. The van der Waals surface area contributed by atoms with Gasteiger partial charge in [-0.05, 0) is 48.6 Å². The van der Waals surface area contributed by atoms with Crippen LogP contribution in [0.4, 0.5) is 0 Å². The zero-order valence-electron chi connectivity index (χ0n) is 18.9. The first-order chi connectivity index (χ1) is 15.1. The summed E-state index contributed by atoms with van der Waals surface area (Å²) >= 11 is 5.95. The van der Waals surface area contributed by atoms with Gasteiger partial charge in [0.2, 0.25) is 15.9 Å². The molecule has 6 nitrogen and oxygen atoms in total. The van der Waals surface area contributed by atoms with E-state index in [1.807, 2.05) is 11.8 Å². The largest absolute Gasteiger partial charge is 0.348 e. The summed E-state index contributed by atoms with van der Waals surface area (Å²) in [4.78, 5) is 14.7. The van der Waals surface area contributed by atoms with E-state index in [1.54, 1.807) is 18.2 Å². The van der Waals surface area contributed by atoms with Crippen molar-refractivity contribution in [1.82, 2.24) is 14.5 Å². The van der Waals surface area contributed by atoms with E-state index >= 15 is 0 Å². The second kappa shape index (κ2) is 10.8. The van der Waals surface area contributed by atoms with Crippen molar-refractivity contribution in [1.29, 1.82) is 0 Å². The lowest BCUT2D eigenvalue weighted by Crippen LogP contribution is -2.51. The highest BCUT2D eigenvalue weighted by atomic mass is 35.5. The number of piperazine rings is 1. The third kappa shape index (κ3) is 6.54. The maximum absolute atomic E-state index is 12.8. The first-order valence-electron chi connectivity index (χ1n) is 11.0. The maximum Gasteiger partial charge on any atom is 0.243 e. The molecule has 8 heteroatoms. The van der Waals surface area contributed by atoms with Crippen LogP contribution >= 0.6 is 11.6 Å². The van der Waals surface area contributed by atoms with Crippen molar-refractivity contribution in [2.75, 3.05) is 32.7 Å². The molecular formula is C24H32ClN3O3S. The van der Waals surface area contributed by atoms with Crippen LogP contribution in [-0.2, 0) is 21.2 Å². The van der Waals surface area contributed by atoms with Gasteiger partial charge in [0.05, 0.1) is 17.5 Å². The minimum Gasteiger partial charge on any atom is -0.348 e. The lowest BCUT2D eigenvalue weighted by molar-refractivity contribution is -0.123. The molecule has 2 aromatic carbocycles. The maximum atomic E-state index is 12.8. The Kier molecular flexibility index (Phi) is 8.33. The van der Waals surface area contributed by atoms with Crippen LogP contribution in [0.1, 0.15) is 37.9 Å². The molecule has 1 fully saturated rings. The van der Waals surface area contributed by atoms with Crippen LogP contribution in [-0.4, -0.2) is 56.3 Å². The van der Waals surface area contributed by atoms with Crippen LogP contribution in [0.3, 0.4) is 0 Å². The van der Waals surface area contributed by atoms with Gasteiger partial charge in [0.15, 0.2) is 0 Å². The van der Waals surface area contributed by atoms with Crippen molar-refractivity contribution in [2.45, 2.75) is 38.1 Å². The summed E-state index contributed by atoms with van der Waals surface area (Å²) in [5, 5.41) is 3.44. The van der Waals surface area contributed by atoms with Gasteiger partial charge in [0.25, 0.3) is 0 Å². The highest BCUT2D eigenvalue weighted by molar-refractivity contribution is 7.89. The van der Waals surface area contributed by atoms with Crippen LogP contribution in [0.2, 0.25) is 5.02 Å². The molecule has 32 heavy (non-hydrogen) atoms. The number of rotatable bonds is 8. The fourth-order valence-corrected chi connectivity index (χ4v) is 5.62. The molecule has 0 aliphatic carbocycles. The fraction of sp³-hybridized carbons (Fsp3) is 0.458. The monoisotopic (exact) mass is 477 g/mol. The molecule has 1 aliphatic rings. The first kappa shape index (κ1) is 24.7. The van der Waals surface area contributed by atoms with Crippen LogP contribution in [0, 0.1) is 5.92 Å². The molecule has 0 bridgehead atoms. The van der Waals surface area contributed by atoms with Crippen molar-refractivity contribution in [3.63, 3.8) is 0 Å². The smallest absolute Gasteiger partial charge is 0.243 e. The third-order valence-electron chi connectivity index (χ3n) is 5.63. The van der Waals surface area contributed by atoms with Crippen LogP contribution in [0.15, 0.2) is 53.4 Å². The zero-order chi connectivity index (χ0) is 23.3. The number of carbonyl (C=O) groups excluding carboxylic acids is 1. The van der Waals surface area contributed by atoms with E-state index in [-0.39, 0.29) is 23.4 Å². The lowest BCUT2D eigenvalue weighted by Gasteiger charge is -2.33. The quantitative estimate of drug-likeness (QED) is 0.629. The van der Waals surface area contributed by atoms with Crippen molar-refractivity contribution in [3.8, 4) is 0 Å². The Morgan fingerprint density at radius 3 is 2.28 bits per heavy atom. The molecule has 1 heterocycles. The molecule has 2 aromatic rings. The molecule has 0 saturated carbocycles. The van der Waals surface area contributed by atoms with E-state index in [4.69, 9.17) is 11.6 Å². The zero-order valence-corrected chi connectivity index (χ0v) is 20.5. The van der Waals surface area contributed by atoms with Crippen molar-refractivity contribution in [2.24, 2.45) is 5.92 Å². The molecule has 1 aliphatic heterocycles. The van der Waals surface area contributed by atoms with Crippen LogP contribution in [0.25, 0.3) is 0 Å². The molecule has 1 unspecified atom stereocenters. The van der Waals surface area contributed by atoms with Gasteiger partial charge >= 0.3 is 0 Å². The molecule has 1 amide bonds. The Bertz CT molecular complexity index is 1020. The second-order valence-corrected chi connectivity index (χ2v) is 11.1. The number of hydrogen-bond donors (Lipinski definition) is 1. The molecule has 174 valence electrons. The Labute approximate surface area is 196 Å². The number of sulfonamides is 1. The predicted octanol–water partition coefficient (Wildman–Crippen LogP) is 3.72. The molecule has 3 rings (SSSR count). The Morgan fingerprint density at radius 2 is 1.69 bits per heavy atom. The summed E-state index contributed by atoms with van der Waals surface area (Å²) in [6.07, 6.45) is 1.04. The highest BCUT2D eigenvalue weighted by Crippen LogP contribution is 2.21. The summed E-state index contributed by atoms with van der Waals surface area (Å²) in [6.45, 7) is 8.32. The number of carbonyl (C=O) groups is 1. The SMILES string of the molecule is CC(C)Cc1ccc(C(C)NC(=O)CN2CCN(S(=O)(=O)c3cccc(Cl)c3)CC2)cc1. The molecule has 1 atom stereocenters. The molecule has 1 saturated heterocycles. The molecular weight excluding hydrogens is 446 g/mol. The summed E-state index contributed by atoms with van der Waals surface area (Å²) in [7, 11) is -3.58. The van der Waals surface area contributed by atoms with Crippen LogP contribution in [0.5, 0.6) is 0 Å². The Balaban J connectivity index is 1.49. The van der Waals surface area contributed by atoms with E-state index in [9.17, 15) is 13.2 Å². The van der Waals surface area contributed by atoms with E-state index in [1.165, 1.54) is 15.9 Å². The average Bonchev–Trinajstić information content (AvgIpc) is 2.74. The molecule has 0 radical (unpaired) electrons. The summed E-state index contributed by atoms with van der Waals surface area (Å²) in [5.74, 6) is 0.550. The summed E-state index contributed by atoms with van der Waals surface area (Å²) in [5.41, 5.74) is 2.37. The van der Waals surface area contributed by atoms with Crippen LogP contribution < -0.4 is 5.32 Å². The topological polar surface area (TPSA) is 69.7 Å². The van der Waals surface area contributed by atoms with Gasteiger partial charge in [-0.3, -0.25) is 9.69 Å². The minimum atomic E-state index is -3.58. The third-order valence-corrected chi connectivity index (χ3v) is 7.76. The molecule has 0 spiro atoms. The van der Waals surface area contributed by atoms with Gasteiger partial charge in [-0.25, -0.2) is 8.42 Å². The predicted molar refractivity (Wildman–Crippen MR) is 128 cm³/mol. The summed E-state index contributed by atoms with van der Waals surface area (Å²) in [6, 6.07) is 14.6. The summed E-state index contributed by atoms with van der Waals surface area (Å²) < 4.78 is 27.1. The second-order valence-electron chi connectivity index (χ2n) is 8.77. The molecule has 0 aromatic heterocycles. The van der Waals surface area contributed by atoms with E-state index in [0.29, 0.717) is 37.1 Å². The number of hydrogen-bond acceptors (Lipinski definition) is 4. The van der Waals surface area contributed by atoms with Gasteiger partial charge < -0.3 is 5.32 Å². The first-order valence-corrected chi connectivity index (χ1v) is 12.8. The van der Waals surface area contributed by atoms with Crippen molar-refractivity contribution >= 4 is 27.5 Å². The average molecular weight is 478 g/mol. The number of halogens is 1. The number of nitrogens with one attached hydrogen (secondary N) is 1. The number of nitrogens with zero attached hydrogens (tertiary/aromatic N) is 2. The normalized spacial score (nSPS) is 16.8. The highest BCUT2D eigenvalue weighted by Gasteiger charge is 2.29. The number of amides is 1. The van der Waals surface area contributed by atoms with Gasteiger partial charge in [0.1, 0.15) is 0 Å². The van der Waals surface area contributed by atoms with E-state index < -0.39 is 10.0 Å². The van der Waals surface area contributed by atoms with Crippen molar-refractivity contribution < 1.29 is 13.2 Å². The number of benzene rings is 2. The van der Waals surface area contributed by atoms with Gasteiger partial charge in [-0.2, -0.15) is 4.31 Å². The lowest BCUT2D eigenvalue weighted by atomic mass is 10.00. The van der Waals surface area contributed by atoms with Gasteiger partial charge in [-0.15, -0.1) is 0 Å². The van der Waals surface area contributed by atoms with E-state index in [0.717, 1.165) is 12.0 Å². The fourth-order valence-electron chi connectivity index (χ4n) is 3.89. The van der Waals surface area contributed by atoms with E-state index in [2.05, 4.69) is 43.4 Å².